The zero-order valence-corrected chi connectivity index (χ0v) is 40.8. The van der Waals surface area contributed by atoms with Crippen LogP contribution < -0.4 is 0 Å². The van der Waals surface area contributed by atoms with Crippen LogP contribution >= 0.6 is 0 Å². The molecule has 63 heavy (non-hydrogen) atoms. The summed E-state index contributed by atoms with van der Waals surface area (Å²) in [5, 5.41) is 0. The highest BCUT2D eigenvalue weighted by Gasteiger charge is 2.19. The highest BCUT2D eigenvalue weighted by atomic mass is 16.6. The number of allylic oxidation sites excluding steroid dienone is 16. The molecule has 0 aliphatic heterocycles. The number of carbonyl (C=O) groups excluding carboxylic acids is 3. The van der Waals surface area contributed by atoms with Crippen molar-refractivity contribution in [2.45, 2.75) is 232 Å². The van der Waals surface area contributed by atoms with E-state index in [1.807, 2.05) is 0 Å². The fraction of sp³-hybridized carbons (Fsp3) is 0.667. The van der Waals surface area contributed by atoms with Crippen LogP contribution in [0, 0.1) is 0 Å². The molecule has 0 saturated heterocycles. The lowest BCUT2D eigenvalue weighted by Gasteiger charge is -2.18. The molecule has 0 spiro atoms. The fourth-order valence-corrected chi connectivity index (χ4v) is 6.67. The molecule has 0 saturated carbocycles. The minimum atomic E-state index is -0.817. The van der Waals surface area contributed by atoms with Gasteiger partial charge in [-0.25, -0.2) is 0 Å². The molecule has 0 aromatic rings. The summed E-state index contributed by atoms with van der Waals surface area (Å²) in [4.78, 5) is 38.0. The summed E-state index contributed by atoms with van der Waals surface area (Å²) in [6, 6.07) is 0. The van der Waals surface area contributed by atoms with Gasteiger partial charge in [-0.05, 0) is 122 Å². The predicted molar refractivity (Wildman–Crippen MR) is 270 cm³/mol. The molecule has 0 heterocycles. The van der Waals surface area contributed by atoms with E-state index in [-0.39, 0.29) is 37.5 Å². The summed E-state index contributed by atoms with van der Waals surface area (Å²) in [5.41, 5.74) is 0. The Balaban J connectivity index is 4.53. The van der Waals surface area contributed by atoms with Gasteiger partial charge in [-0.3, -0.25) is 14.4 Å². The first-order chi connectivity index (χ1) is 31.0. The number of hydrogen-bond acceptors (Lipinski definition) is 6. The number of rotatable bonds is 45. The Morgan fingerprint density at radius 1 is 0.333 bits per heavy atom. The Hall–Kier alpha value is -3.67. The van der Waals surface area contributed by atoms with E-state index in [1.54, 1.807) is 0 Å². The molecule has 6 nitrogen and oxygen atoms in total. The first-order valence-electron chi connectivity index (χ1n) is 25.7. The molecular formula is C57H94O6. The van der Waals surface area contributed by atoms with Crippen LogP contribution in [-0.2, 0) is 28.6 Å². The van der Waals surface area contributed by atoms with E-state index in [0.29, 0.717) is 19.3 Å². The lowest BCUT2D eigenvalue weighted by atomic mass is 10.1. The average molecular weight is 875 g/mol. The van der Waals surface area contributed by atoms with Crippen LogP contribution in [-0.4, -0.2) is 37.2 Å². The molecule has 0 unspecified atom stereocenters. The standard InChI is InChI=1S/C57H94O6/c1-4-7-10-13-16-19-22-25-28-31-34-37-40-43-46-49-55(58)61-52-54(63-57(60)51-48-45-42-39-36-33-30-27-24-21-18-15-12-9-6-3)53-62-56(59)50-47-44-41-38-35-32-29-26-23-20-17-14-11-8-5-2/h9,12,16,18-21,23,25,27-28,30,34,36-37,39,54H,4-8,10-11,13-15,17,22,24,26,29,31-33,35,38,40-53H2,1-3H3/b12-9-,19-16-,21-18-,23-20-,28-25-,30-27-,37-34-,39-36-/t54-/m1/s1. The Labute approximate surface area is 387 Å². The first-order valence-corrected chi connectivity index (χ1v) is 25.7. The minimum Gasteiger partial charge on any atom is -0.462 e. The van der Waals surface area contributed by atoms with Crippen LogP contribution in [0.4, 0.5) is 0 Å². The van der Waals surface area contributed by atoms with Crippen molar-refractivity contribution in [2.75, 3.05) is 13.2 Å². The van der Waals surface area contributed by atoms with E-state index in [2.05, 4.69) is 118 Å². The zero-order valence-electron chi connectivity index (χ0n) is 40.8. The summed E-state index contributed by atoms with van der Waals surface area (Å²) < 4.78 is 16.7. The fourth-order valence-electron chi connectivity index (χ4n) is 6.67. The van der Waals surface area contributed by atoms with Gasteiger partial charge in [0.1, 0.15) is 13.2 Å². The van der Waals surface area contributed by atoms with Gasteiger partial charge in [0, 0.05) is 19.3 Å². The Morgan fingerprint density at radius 2 is 0.619 bits per heavy atom. The average Bonchev–Trinajstić information content (AvgIpc) is 3.28. The van der Waals surface area contributed by atoms with Crippen molar-refractivity contribution in [1.82, 2.24) is 0 Å². The molecule has 0 amide bonds. The van der Waals surface area contributed by atoms with Crippen molar-refractivity contribution >= 4 is 17.9 Å². The van der Waals surface area contributed by atoms with Crippen LogP contribution in [0.1, 0.15) is 226 Å². The molecule has 1 atom stereocenters. The lowest BCUT2D eigenvalue weighted by Crippen LogP contribution is -2.30. The molecule has 0 N–H and O–H groups in total. The largest absolute Gasteiger partial charge is 0.462 e. The second kappa shape index (κ2) is 51.0. The molecule has 0 aromatic carbocycles. The van der Waals surface area contributed by atoms with Crippen LogP contribution in [0.3, 0.4) is 0 Å². The molecule has 0 fully saturated rings. The van der Waals surface area contributed by atoms with Gasteiger partial charge in [-0.1, -0.05) is 182 Å². The summed E-state index contributed by atoms with van der Waals surface area (Å²) in [7, 11) is 0. The molecule has 0 aliphatic rings. The number of ether oxygens (including phenoxy) is 3. The van der Waals surface area contributed by atoms with E-state index in [9.17, 15) is 14.4 Å². The maximum absolute atomic E-state index is 12.8. The third-order valence-electron chi connectivity index (χ3n) is 10.5. The first kappa shape index (κ1) is 59.3. The van der Waals surface area contributed by atoms with E-state index in [0.717, 1.165) is 89.9 Å². The van der Waals surface area contributed by atoms with E-state index < -0.39 is 6.10 Å². The highest BCUT2D eigenvalue weighted by molar-refractivity contribution is 5.71. The van der Waals surface area contributed by atoms with Gasteiger partial charge in [0.05, 0.1) is 0 Å². The topological polar surface area (TPSA) is 78.9 Å². The van der Waals surface area contributed by atoms with Crippen molar-refractivity contribution in [3.63, 3.8) is 0 Å². The quantitative estimate of drug-likeness (QED) is 0.0262. The van der Waals surface area contributed by atoms with Crippen LogP contribution in [0.15, 0.2) is 97.2 Å². The third-order valence-corrected chi connectivity index (χ3v) is 10.5. The molecule has 358 valence electrons. The van der Waals surface area contributed by atoms with Gasteiger partial charge in [0.15, 0.2) is 6.10 Å². The molecule has 0 aliphatic carbocycles. The monoisotopic (exact) mass is 875 g/mol. The van der Waals surface area contributed by atoms with Crippen molar-refractivity contribution in [3.05, 3.63) is 97.2 Å². The molecule has 6 heteroatoms. The normalized spacial score (nSPS) is 12.9. The summed E-state index contributed by atoms with van der Waals surface area (Å²) in [6.07, 6.45) is 66.8. The second-order valence-electron chi connectivity index (χ2n) is 16.7. The van der Waals surface area contributed by atoms with E-state index >= 15 is 0 Å². The lowest BCUT2D eigenvalue weighted by molar-refractivity contribution is -0.167. The molecular weight excluding hydrogens is 781 g/mol. The number of esters is 3. The van der Waals surface area contributed by atoms with Crippen molar-refractivity contribution in [3.8, 4) is 0 Å². The maximum Gasteiger partial charge on any atom is 0.306 e. The van der Waals surface area contributed by atoms with Gasteiger partial charge in [0.2, 0.25) is 0 Å². The van der Waals surface area contributed by atoms with E-state index in [1.165, 1.54) is 89.9 Å². The third kappa shape index (κ3) is 49.2. The van der Waals surface area contributed by atoms with Crippen molar-refractivity contribution < 1.29 is 28.6 Å². The van der Waals surface area contributed by atoms with Crippen molar-refractivity contribution in [2.24, 2.45) is 0 Å². The van der Waals surface area contributed by atoms with Crippen LogP contribution in [0.2, 0.25) is 0 Å². The van der Waals surface area contributed by atoms with Gasteiger partial charge in [0.25, 0.3) is 0 Å². The molecule has 0 radical (unpaired) electrons. The smallest absolute Gasteiger partial charge is 0.306 e. The van der Waals surface area contributed by atoms with Gasteiger partial charge >= 0.3 is 17.9 Å². The molecule has 0 rings (SSSR count). The zero-order chi connectivity index (χ0) is 45.8. The van der Waals surface area contributed by atoms with Crippen LogP contribution in [0.25, 0.3) is 0 Å². The summed E-state index contributed by atoms with van der Waals surface area (Å²) in [6.45, 7) is 6.40. The van der Waals surface area contributed by atoms with Gasteiger partial charge in [-0.2, -0.15) is 0 Å². The predicted octanol–water partition coefficient (Wildman–Crippen LogP) is 17.0. The summed E-state index contributed by atoms with van der Waals surface area (Å²) >= 11 is 0. The second-order valence-corrected chi connectivity index (χ2v) is 16.7. The molecule has 0 aromatic heterocycles. The van der Waals surface area contributed by atoms with E-state index in [4.69, 9.17) is 14.2 Å². The summed E-state index contributed by atoms with van der Waals surface area (Å²) in [5.74, 6) is -1.000. The van der Waals surface area contributed by atoms with Crippen molar-refractivity contribution in [1.29, 1.82) is 0 Å². The molecule has 0 bridgehead atoms. The SMILES string of the molecule is CC/C=C\C/C=C\C/C=C\C/C=C\CCCCC(=O)O[C@H](COC(=O)CCCC/C=C\C/C=C\C/C=C\CCCCC)COC(=O)CCCCCCCCC/C=C\CCCCCC. The van der Waals surface area contributed by atoms with Gasteiger partial charge in [-0.15, -0.1) is 0 Å². The Kier molecular flexibility index (Phi) is 48.0. The number of unbranched alkanes of at least 4 members (excludes halogenated alkanes) is 18. The number of hydrogen-bond donors (Lipinski definition) is 0. The Bertz CT molecular complexity index is 1280. The van der Waals surface area contributed by atoms with Crippen LogP contribution in [0.5, 0.6) is 0 Å². The maximum atomic E-state index is 12.8. The minimum absolute atomic E-state index is 0.110. The van der Waals surface area contributed by atoms with Gasteiger partial charge < -0.3 is 14.2 Å². The number of carbonyl (C=O) groups is 3. The Morgan fingerprint density at radius 3 is 1.05 bits per heavy atom. The highest BCUT2D eigenvalue weighted by Crippen LogP contribution is 2.13.